The van der Waals surface area contributed by atoms with Gasteiger partial charge in [-0.1, -0.05) is 82.8 Å². The Morgan fingerprint density at radius 1 is 0.542 bits per heavy atom. The summed E-state index contributed by atoms with van der Waals surface area (Å²) in [5.74, 6) is 0. The van der Waals surface area contributed by atoms with Crippen LogP contribution in [-0.4, -0.2) is 0 Å². The summed E-state index contributed by atoms with van der Waals surface area (Å²) < 4.78 is 9.17. The average Bonchev–Trinajstić information content (AvgIpc) is 2.65. The maximum atomic E-state index is 6.31. The summed E-state index contributed by atoms with van der Waals surface area (Å²) in [6, 6.07) is 11.8. The number of halogens is 4. The van der Waals surface area contributed by atoms with E-state index in [1.54, 1.807) is 0 Å². The van der Waals surface area contributed by atoms with E-state index < -0.39 is 0 Å². The van der Waals surface area contributed by atoms with Crippen LogP contribution in [0.1, 0.15) is 0 Å². The maximum Gasteiger partial charge on any atom is 0.125 e. The number of rotatable bonds is 0. The normalized spacial score (nSPS) is 12.5. The van der Waals surface area contributed by atoms with Crippen LogP contribution >= 0.6 is 46.4 Å². The molecule has 122 valence electrons. The van der Waals surface area contributed by atoms with Crippen molar-refractivity contribution in [3.05, 3.63) is 81.5 Å². The SMILES string of the molecule is C1=COC=CO1.Clc1c(Cl)c(Cl)c2c(ccc3ccccc32)c1Cl. The molecule has 1 heterocycles. The third-order valence-corrected chi connectivity index (χ3v) is 5.21. The van der Waals surface area contributed by atoms with Crippen molar-refractivity contribution in [3.63, 3.8) is 0 Å². The van der Waals surface area contributed by atoms with Crippen LogP contribution in [0.15, 0.2) is 61.4 Å². The van der Waals surface area contributed by atoms with Gasteiger partial charge in [-0.15, -0.1) is 0 Å². The third-order valence-electron chi connectivity index (χ3n) is 3.39. The molecular formula is C18H10Cl4O2. The molecule has 0 bridgehead atoms. The molecule has 0 aromatic heterocycles. The van der Waals surface area contributed by atoms with Crippen LogP contribution in [0, 0.1) is 0 Å². The van der Waals surface area contributed by atoms with Crippen LogP contribution in [-0.2, 0) is 9.47 Å². The highest BCUT2D eigenvalue weighted by Crippen LogP contribution is 2.45. The lowest BCUT2D eigenvalue weighted by molar-refractivity contribution is 0.290. The number of fused-ring (bicyclic) bond motifs is 3. The Hall–Kier alpha value is -1.58. The number of ether oxygens (including phenoxy) is 2. The molecule has 0 N–H and O–H groups in total. The molecule has 3 aromatic rings. The molecule has 0 amide bonds. The van der Waals surface area contributed by atoms with Crippen molar-refractivity contribution in [2.75, 3.05) is 0 Å². The van der Waals surface area contributed by atoms with E-state index in [4.69, 9.17) is 46.4 Å². The van der Waals surface area contributed by atoms with Gasteiger partial charge in [0, 0.05) is 10.8 Å². The average molecular weight is 400 g/mol. The first-order valence-electron chi connectivity index (χ1n) is 6.85. The monoisotopic (exact) mass is 398 g/mol. The Morgan fingerprint density at radius 3 is 1.75 bits per heavy atom. The predicted octanol–water partition coefficient (Wildman–Crippen LogP) is 7.58. The van der Waals surface area contributed by atoms with Gasteiger partial charge in [-0.2, -0.15) is 0 Å². The molecular weight excluding hydrogens is 390 g/mol. The van der Waals surface area contributed by atoms with Gasteiger partial charge in [-0.25, -0.2) is 0 Å². The van der Waals surface area contributed by atoms with Crippen molar-refractivity contribution in [2.45, 2.75) is 0 Å². The summed E-state index contributed by atoms with van der Waals surface area (Å²) in [6.07, 6.45) is 5.83. The minimum Gasteiger partial charge on any atom is -0.466 e. The fraction of sp³-hybridized carbons (Fsp3) is 0. The Balaban J connectivity index is 0.000000238. The van der Waals surface area contributed by atoms with Crippen molar-refractivity contribution < 1.29 is 9.47 Å². The molecule has 0 fully saturated rings. The molecule has 6 heteroatoms. The van der Waals surface area contributed by atoms with Crippen molar-refractivity contribution in [2.24, 2.45) is 0 Å². The van der Waals surface area contributed by atoms with Crippen LogP contribution < -0.4 is 0 Å². The van der Waals surface area contributed by atoms with Gasteiger partial charge in [-0.3, -0.25) is 0 Å². The zero-order valence-electron chi connectivity index (χ0n) is 12.1. The molecule has 3 aromatic carbocycles. The topological polar surface area (TPSA) is 18.5 Å². The van der Waals surface area contributed by atoms with Crippen molar-refractivity contribution in [1.82, 2.24) is 0 Å². The molecule has 1 aliphatic rings. The Labute approximate surface area is 158 Å². The molecule has 0 spiro atoms. The molecule has 0 saturated carbocycles. The molecule has 2 nitrogen and oxygen atoms in total. The summed E-state index contributed by atoms with van der Waals surface area (Å²) in [5, 5.41) is 5.23. The van der Waals surface area contributed by atoms with E-state index in [2.05, 4.69) is 9.47 Å². The lowest BCUT2D eigenvalue weighted by Crippen LogP contribution is -1.83. The number of hydrogen-bond donors (Lipinski definition) is 0. The Morgan fingerprint density at radius 2 is 1.12 bits per heavy atom. The molecule has 1 aliphatic heterocycles. The minimum atomic E-state index is 0.297. The molecule has 0 radical (unpaired) electrons. The maximum absolute atomic E-state index is 6.31. The predicted molar refractivity (Wildman–Crippen MR) is 102 cm³/mol. The van der Waals surface area contributed by atoms with E-state index >= 15 is 0 Å². The highest BCUT2D eigenvalue weighted by molar-refractivity contribution is 6.56. The van der Waals surface area contributed by atoms with E-state index in [1.807, 2.05) is 36.4 Å². The summed E-state index contributed by atoms with van der Waals surface area (Å²) >= 11 is 24.7. The van der Waals surface area contributed by atoms with E-state index in [1.165, 1.54) is 25.0 Å². The Kier molecular flexibility index (Phi) is 5.42. The lowest BCUT2D eigenvalue weighted by Gasteiger charge is -2.11. The fourth-order valence-corrected chi connectivity index (χ4v) is 3.36. The summed E-state index contributed by atoms with van der Waals surface area (Å²) in [7, 11) is 0. The van der Waals surface area contributed by atoms with Crippen LogP contribution in [0.3, 0.4) is 0 Å². The van der Waals surface area contributed by atoms with E-state index in [9.17, 15) is 0 Å². The van der Waals surface area contributed by atoms with Gasteiger partial charge in [0.15, 0.2) is 0 Å². The zero-order chi connectivity index (χ0) is 17.1. The fourth-order valence-electron chi connectivity index (χ4n) is 2.33. The van der Waals surface area contributed by atoms with E-state index in [-0.39, 0.29) is 0 Å². The first-order chi connectivity index (χ1) is 11.6. The van der Waals surface area contributed by atoms with Gasteiger partial charge in [0.1, 0.15) is 25.0 Å². The summed E-state index contributed by atoms with van der Waals surface area (Å²) in [4.78, 5) is 0. The van der Waals surface area contributed by atoms with Crippen molar-refractivity contribution in [3.8, 4) is 0 Å². The van der Waals surface area contributed by atoms with E-state index in [0.717, 1.165) is 21.5 Å². The second-order valence-corrected chi connectivity index (χ2v) is 6.29. The second kappa shape index (κ2) is 7.54. The van der Waals surface area contributed by atoms with Gasteiger partial charge in [0.2, 0.25) is 0 Å². The smallest absolute Gasteiger partial charge is 0.125 e. The van der Waals surface area contributed by atoms with Crippen molar-refractivity contribution >= 4 is 67.9 Å². The zero-order valence-corrected chi connectivity index (χ0v) is 15.1. The van der Waals surface area contributed by atoms with Crippen LogP contribution in [0.5, 0.6) is 0 Å². The lowest BCUT2D eigenvalue weighted by atomic mass is 10.0. The largest absolute Gasteiger partial charge is 0.466 e. The van der Waals surface area contributed by atoms with Gasteiger partial charge in [0.05, 0.1) is 20.1 Å². The van der Waals surface area contributed by atoms with Crippen LogP contribution in [0.25, 0.3) is 21.5 Å². The molecule has 4 rings (SSSR count). The first kappa shape index (κ1) is 17.2. The first-order valence-corrected chi connectivity index (χ1v) is 8.37. The van der Waals surface area contributed by atoms with Gasteiger partial charge < -0.3 is 9.47 Å². The van der Waals surface area contributed by atoms with Crippen molar-refractivity contribution in [1.29, 1.82) is 0 Å². The Bertz CT molecular complexity index is 944. The minimum absolute atomic E-state index is 0.297. The molecule has 0 aliphatic carbocycles. The molecule has 0 saturated heterocycles. The van der Waals surface area contributed by atoms with Gasteiger partial charge >= 0.3 is 0 Å². The molecule has 0 atom stereocenters. The van der Waals surface area contributed by atoms with Gasteiger partial charge in [0.25, 0.3) is 0 Å². The van der Waals surface area contributed by atoms with E-state index in [0.29, 0.717) is 20.1 Å². The molecule has 0 unspecified atom stereocenters. The number of benzene rings is 3. The summed E-state index contributed by atoms with van der Waals surface area (Å²) in [6.45, 7) is 0. The van der Waals surface area contributed by atoms with Gasteiger partial charge in [-0.05, 0) is 10.8 Å². The highest BCUT2D eigenvalue weighted by atomic mass is 35.5. The quantitative estimate of drug-likeness (QED) is 0.220. The highest BCUT2D eigenvalue weighted by Gasteiger charge is 2.16. The second-order valence-electron chi connectivity index (χ2n) is 4.78. The van der Waals surface area contributed by atoms with Crippen LogP contribution in [0.4, 0.5) is 0 Å². The van der Waals surface area contributed by atoms with Crippen LogP contribution in [0.2, 0.25) is 20.1 Å². The number of hydrogen-bond acceptors (Lipinski definition) is 2. The molecule has 24 heavy (non-hydrogen) atoms. The standard InChI is InChI=1S/C14H6Cl4.C4H4O2/c15-11-9-6-5-7-3-1-2-4-8(7)10(9)12(16)14(18)13(11)17;1-2-6-4-3-5-1/h1-6H;1-4H. The summed E-state index contributed by atoms with van der Waals surface area (Å²) in [5.41, 5.74) is 0. The third kappa shape index (κ3) is 3.28.